The minimum absolute atomic E-state index is 0.00999. The van der Waals surface area contributed by atoms with E-state index >= 15 is 0 Å². The molecule has 1 aromatic rings. The van der Waals surface area contributed by atoms with E-state index < -0.39 is 0 Å². The van der Waals surface area contributed by atoms with Crippen molar-refractivity contribution in [1.29, 1.82) is 0 Å². The van der Waals surface area contributed by atoms with Gasteiger partial charge >= 0.3 is 0 Å². The number of hydrogen-bond acceptors (Lipinski definition) is 3. The second-order valence-electron chi connectivity index (χ2n) is 5.89. The zero-order chi connectivity index (χ0) is 15.9. The second kappa shape index (κ2) is 7.94. The Kier molecular flexibility index (Phi) is 5.95. The molecule has 2 amide bonds. The Morgan fingerprint density at radius 2 is 1.95 bits per heavy atom. The number of piperidine rings is 1. The second-order valence-corrected chi connectivity index (χ2v) is 5.89. The smallest absolute Gasteiger partial charge is 0.253 e. The Morgan fingerprint density at radius 3 is 2.64 bits per heavy atom. The summed E-state index contributed by atoms with van der Waals surface area (Å²) in [6.07, 6.45) is 3.84. The van der Waals surface area contributed by atoms with Gasteiger partial charge in [-0.2, -0.15) is 0 Å². The van der Waals surface area contributed by atoms with Crippen molar-refractivity contribution in [2.24, 2.45) is 0 Å². The molecular weight excluding hydrogens is 278 g/mol. The van der Waals surface area contributed by atoms with Gasteiger partial charge in [0.05, 0.1) is 0 Å². The topological polar surface area (TPSA) is 52.7 Å². The molecule has 1 aliphatic heterocycles. The van der Waals surface area contributed by atoms with Crippen LogP contribution in [0.25, 0.3) is 0 Å². The van der Waals surface area contributed by atoms with E-state index in [2.05, 4.69) is 10.2 Å². The van der Waals surface area contributed by atoms with Gasteiger partial charge in [0.25, 0.3) is 5.91 Å². The monoisotopic (exact) mass is 303 g/mol. The maximum atomic E-state index is 12.5. The van der Waals surface area contributed by atoms with Gasteiger partial charge < -0.3 is 15.1 Å². The molecule has 2 rings (SSSR count). The highest BCUT2D eigenvalue weighted by Gasteiger charge is 2.15. The number of rotatable bonds is 5. The van der Waals surface area contributed by atoms with Crippen molar-refractivity contribution < 1.29 is 9.59 Å². The standard InChI is InChI=1S/C17H25N3O2/c1-14(21)18-16-8-6-7-15(13-16)17(22)19(2)11-12-20-9-4-3-5-10-20/h6-8,13H,3-5,9-12H2,1-2H3,(H,18,21). The first-order chi connectivity index (χ1) is 10.6. The summed E-state index contributed by atoms with van der Waals surface area (Å²) in [5.41, 5.74) is 1.26. The quantitative estimate of drug-likeness (QED) is 0.907. The van der Waals surface area contributed by atoms with Crippen molar-refractivity contribution in [3.63, 3.8) is 0 Å². The van der Waals surface area contributed by atoms with E-state index in [9.17, 15) is 9.59 Å². The molecule has 1 aromatic carbocycles. The summed E-state index contributed by atoms with van der Waals surface area (Å²) in [7, 11) is 1.83. The van der Waals surface area contributed by atoms with Crippen molar-refractivity contribution in [2.45, 2.75) is 26.2 Å². The Morgan fingerprint density at radius 1 is 1.23 bits per heavy atom. The lowest BCUT2D eigenvalue weighted by molar-refractivity contribution is -0.114. The first-order valence-corrected chi connectivity index (χ1v) is 7.92. The fraction of sp³-hybridized carbons (Fsp3) is 0.529. The van der Waals surface area contributed by atoms with Gasteiger partial charge in [0.2, 0.25) is 5.91 Å². The molecule has 120 valence electrons. The van der Waals surface area contributed by atoms with E-state index in [0.29, 0.717) is 11.3 Å². The molecule has 1 saturated heterocycles. The van der Waals surface area contributed by atoms with Gasteiger partial charge in [-0.15, -0.1) is 0 Å². The van der Waals surface area contributed by atoms with E-state index in [4.69, 9.17) is 0 Å². The third-order valence-corrected chi connectivity index (χ3v) is 3.98. The molecule has 0 unspecified atom stereocenters. The van der Waals surface area contributed by atoms with E-state index in [-0.39, 0.29) is 11.8 Å². The molecule has 1 heterocycles. The van der Waals surface area contributed by atoms with Gasteiger partial charge in [-0.25, -0.2) is 0 Å². The highest BCUT2D eigenvalue weighted by Crippen LogP contribution is 2.13. The number of nitrogens with one attached hydrogen (secondary N) is 1. The molecule has 0 aliphatic carbocycles. The van der Waals surface area contributed by atoms with E-state index in [1.807, 2.05) is 7.05 Å². The molecule has 5 heteroatoms. The zero-order valence-corrected chi connectivity index (χ0v) is 13.5. The number of likely N-dealkylation sites (N-methyl/N-ethyl adjacent to an activating group) is 1. The number of hydrogen-bond donors (Lipinski definition) is 1. The molecule has 0 radical (unpaired) electrons. The number of nitrogens with zero attached hydrogens (tertiary/aromatic N) is 2. The SMILES string of the molecule is CC(=O)Nc1cccc(C(=O)N(C)CCN2CCCCC2)c1. The predicted molar refractivity (Wildman–Crippen MR) is 88.0 cm³/mol. The van der Waals surface area contributed by atoms with Crippen LogP contribution in [0.3, 0.4) is 0 Å². The predicted octanol–water partition coefficient (Wildman–Crippen LogP) is 2.20. The molecule has 1 N–H and O–H groups in total. The van der Waals surface area contributed by atoms with Crippen LogP contribution in [-0.4, -0.2) is 54.8 Å². The Bertz CT molecular complexity index is 524. The van der Waals surface area contributed by atoms with Gasteiger partial charge in [-0.1, -0.05) is 12.5 Å². The van der Waals surface area contributed by atoms with Crippen LogP contribution in [0.5, 0.6) is 0 Å². The van der Waals surface area contributed by atoms with E-state index in [1.165, 1.54) is 26.2 Å². The third kappa shape index (κ3) is 4.84. The van der Waals surface area contributed by atoms with Crippen LogP contribution in [0.4, 0.5) is 5.69 Å². The molecule has 0 aromatic heterocycles. The van der Waals surface area contributed by atoms with Crippen molar-refractivity contribution in [3.8, 4) is 0 Å². The molecule has 0 saturated carbocycles. The highest BCUT2D eigenvalue weighted by molar-refractivity contribution is 5.96. The van der Waals surface area contributed by atoms with Crippen molar-refractivity contribution >= 4 is 17.5 Å². The molecule has 0 atom stereocenters. The lowest BCUT2D eigenvalue weighted by Gasteiger charge is -2.28. The zero-order valence-electron chi connectivity index (χ0n) is 13.5. The van der Waals surface area contributed by atoms with Crippen LogP contribution in [0, 0.1) is 0 Å². The van der Waals surface area contributed by atoms with Gasteiger partial charge in [-0.05, 0) is 44.1 Å². The van der Waals surface area contributed by atoms with E-state index in [1.54, 1.807) is 29.2 Å². The minimum atomic E-state index is -0.136. The molecule has 1 aliphatic rings. The Balaban J connectivity index is 1.90. The first-order valence-electron chi connectivity index (χ1n) is 7.92. The lowest BCUT2D eigenvalue weighted by Crippen LogP contribution is -2.38. The van der Waals surface area contributed by atoms with Gasteiger partial charge in [0, 0.05) is 38.3 Å². The van der Waals surface area contributed by atoms with Crippen LogP contribution in [0.2, 0.25) is 0 Å². The first kappa shape index (κ1) is 16.5. The van der Waals surface area contributed by atoms with Crippen LogP contribution in [-0.2, 0) is 4.79 Å². The van der Waals surface area contributed by atoms with Crippen LogP contribution >= 0.6 is 0 Å². The summed E-state index contributed by atoms with van der Waals surface area (Å²) in [6.45, 7) is 5.39. The van der Waals surface area contributed by atoms with Crippen molar-refractivity contribution in [3.05, 3.63) is 29.8 Å². The number of carbonyl (C=O) groups excluding carboxylic acids is 2. The van der Waals surface area contributed by atoms with Gasteiger partial charge in [0.1, 0.15) is 0 Å². The maximum Gasteiger partial charge on any atom is 0.253 e. The van der Waals surface area contributed by atoms with Crippen LogP contribution in [0.1, 0.15) is 36.5 Å². The molecule has 22 heavy (non-hydrogen) atoms. The van der Waals surface area contributed by atoms with Crippen LogP contribution in [0.15, 0.2) is 24.3 Å². The summed E-state index contributed by atoms with van der Waals surface area (Å²) in [6, 6.07) is 7.08. The number of benzene rings is 1. The number of likely N-dealkylation sites (tertiary alicyclic amines) is 1. The molecule has 1 fully saturated rings. The summed E-state index contributed by atoms with van der Waals surface area (Å²) < 4.78 is 0. The lowest BCUT2D eigenvalue weighted by atomic mass is 10.1. The molecule has 0 bridgehead atoms. The average molecular weight is 303 g/mol. The summed E-state index contributed by atoms with van der Waals surface area (Å²) in [4.78, 5) is 27.7. The number of carbonyl (C=O) groups is 2. The summed E-state index contributed by atoms with van der Waals surface area (Å²) in [5.74, 6) is -0.146. The number of amides is 2. The van der Waals surface area contributed by atoms with Crippen molar-refractivity contribution in [1.82, 2.24) is 9.80 Å². The fourth-order valence-corrected chi connectivity index (χ4v) is 2.73. The van der Waals surface area contributed by atoms with Gasteiger partial charge in [0.15, 0.2) is 0 Å². The highest BCUT2D eigenvalue weighted by atomic mass is 16.2. The molecular formula is C17H25N3O2. The summed E-state index contributed by atoms with van der Waals surface area (Å²) >= 11 is 0. The Hall–Kier alpha value is -1.88. The number of anilines is 1. The maximum absolute atomic E-state index is 12.5. The van der Waals surface area contributed by atoms with E-state index in [0.717, 1.165) is 26.2 Å². The fourth-order valence-electron chi connectivity index (χ4n) is 2.73. The molecule has 5 nitrogen and oxygen atoms in total. The third-order valence-electron chi connectivity index (χ3n) is 3.98. The van der Waals surface area contributed by atoms with Crippen LogP contribution < -0.4 is 5.32 Å². The largest absolute Gasteiger partial charge is 0.340 e. The summed E-state index contributed by atoms with van der Waals surface area (Å²) in [5, 5.41) is 2.70. The minimum Gasteiger partial charge on any atom is -0.340 e. The Labute approximate surface area is 132 Å². The van der Waals surface area contributed by atoms with Gasteiger partial charge in [-0.3, -0.25) is 9.59 Å². The normalized spacial score (nSPS) is 15.4. The average Bonchev–Trinajstić information content (AvgIpc) is 2.52. The van der Waals surface area contributed by atoms with Crippen molar-refractivity contribution in [2.75, 3.05) is 38.5 Å². The molecule has 0 spiro atoms.